The highest BCUT2D eigenvalue weighted by Gasteiger charge is 2.19. The molecule has 0 amide bonds. The molecule has 0 fully saturated rings. The van der Waals surface area contributed by atoms with Gasteiger partial charge in [-0.15, -0.1) is 0 Å². The van der Waals surface area contributed by atoms with E-state index in [4.69, 9.17) is 23.2 Å². The molecule has 1 atom stereocenters. The van der Waals surface area contributed by atoms with Gasteiger partial charge in [-0.25, -0.2) is 4.39 Å². The normalized spacial score (nSPS) is 12.4. The third-order valence-electron chi connectivity index (χ3n) is 3.23. The molecule has 0 radical (unpaired) electrons. The first-order valence-corrected chi connectivity index (χ1v) is 7.65. The van der Waals surface area contributed by atoms with Crippen LogP contribution >= 0.6 is 23.2 Å². The molecule has 0 aliphatic rings. The molecule has 0 aliphatic heterocycles. The minimum atomic E-state index is -0.325. The molecular formula is C16H17Cl2FN2. The average molecular weight is 327 g/mol. The lowest BCUT2D eigenvalue weighted by Crippen LogP contribution is -2.26. The molecule has 0 saturated carbocycles. The second kappa shape index (κ2) is 7.74. The Bertz CT molecular complexity index is 584. The minimum Gasteiger partial charge on any atom is -0.308 e. The van der Waals surface area contributed by atoms with Crippen molar-refractivity contribution in [2.75, 3.05) is 6.54 Å². The van der Waals surface area contributed by atoms with E-state index < -0.39 is 0 Å². The first kappa shape index (κ1) is 16.2. The average Bonchev–Trinajstić information content (AvgIpc) is 2.47. The van der Waals surface area contributed by atoms with E-state index in [2.05, 4.69) is 17.2 Å². The van der Waals surface area contributed by atoms with Gasteiger partial charge >= 0.3 is 0 Å². The van der Waals surface area contributed by atoms with E-state index in [9.17, 15) is 4.39 Å². The van der Waals surface area contributed by atoms with Gasteiger partial charge in [0.05, 0.1) is 11.7 Å². The van der Waals surface area contributed by atoms with Crippen LogP contribution in [0.3, 0.4) is 0 Å². The highest BCUT2D eigenvalue weighted by molar-refractivity contribution is 6.36. The van der Waals surface area contributed by atoms with E-state index in [0.717, 1.165) is 18.5 Å². The summed E-state index contributed by atoms with van der Waals surface area (Å²) >= 11 is 12.4. The zero-order valence-electron chi connectivity index (χ0n) is 11.7. The topological polar surface area (TPSA) is 24.9 Å². The maximum atomic E-state index is 14.0. The monoisotopic (exact) mass is 326 g/mol. The Morgan fingerprint density at radius 3 is 2.52 bits per heavy atom. The number of benzene rings is 1. The number of nitrogens with zero attached hydrogens (tertiary/aromatic N) is 1. The molecule has 1 heterocycles. The number of halogens is 3. The maximum absolute atomic E-state index is 14.0. The van der Waals surface area contributed by atoms with Crippen molar-refractivity contribution in [3.63, 3.8) is 0 Å². The van der Waals surface area contributed by atoms with Crippen LogP contribution in [0.2, 0.25) is 10.0 Å². The van der Waals surface area contributed by atoms with E-state index in [1.807, 2.05) is 0 Å². The van der Waals surface area contributed by atoms with Gasteiger partial charge in [0.1, 0.15) is 5.82 Å². The summed E-state index contributed by atoms with van der Waals surface area (Å²) in [6.07, 6.45) is 3.03. The summed E-state index contributed by atoms with van der Waals surface area (Å²) in [4.78, 5) is 4.16. The fraction of sp³-hybridized carbons (Fsp3) is 0.312. The molecule has 2 rings (SSSR count). The molecule has 0 saturated heterocycles. The molecule has 1 N–H and O–H groups in total. The number of nitrogens with one attached hydrogen (secondary N) is 1. The van der Waals surface area contributed by atoms with Crippen molar-refractivity contribution in [1.29, 1.82) is 0 Å². The van der Waals surface area contributed by atoms with Gasteiger partial charge < -0.3 is 5.32 Å². The van der Waals surface area contributed by atoms with Crippen LogP contribution in [0.5, 0.6) is 0 Å². The predicted molar refractivity (Wildman–Crippen MR) is 85.4 cm³/mol. The summed E-state index contributed by atoms with van der Waals surface area (Å²) in [5, 5.41) is 4.48. The quantitative estimate of drug-likeness (QED) is 0.823. The Labute approximate surface area is 134 Å². The van der Waals surface area contributed by atoms with E-state index in [1.54, 1.807) is 30.5 Å². The van der Waals surface area contributed by atoms with Crippen molar-refractivity contribution < 1.29 is 4.39 Å². The zero-order chi connectivity index (χ0) is 15.2. The Hall–Kier alpha value is -1.16. The lowest BCUT2D eigenvalue weighted by molar-refractivity contribution is 0.483. The van der Waals surface area contributed by atoms with Crippen molar-refractivity contribution in [3.8, 4) is 0 Å². The van der Waals surface area contributed by atoms with Crippen LogP contribution in [0.25, 0.3) is 0 Å². The van der Waals surface area contributed by atoms with Gasteiger partial charge in [-0.2, -0.15) is 0 Å². The summed E-state index contributed by atoms with van der Waals surface area (Å²) in [6.45, 7) is 2.82. The fourth-order valence-electron chi connectivity index (χ4n) is 2.17. The zero-order valence-corrected chi connectivity index (χ0v) is 13.3. The molecule has 0 bridgehead atoms. The van der Waals surface area contributed by atoms with Gasteiger partial charge in [0.25, 0.3) is 0 Å². The standard InChI is InChI=1S/C16H17Cl2FN2/c1-2-8-20-15(16-14(19)7-4-9-21-16)10-11-12(17)5-3-6-13(11)18/h3-7,9,15,20H,2,8,10H2,1H3. The Morgan fingerprint density at radius 2 is 1.90 bits per heavy atom. The fourth-order valence-corrected chi connectivity index (χ4v) is 2.72. The largest absolute Gasteiger partial charge is 0.308 e. The van der Waals surface area contributed by atoms with E-state index in [1.165, 1.54) is 6.07 Å². The number of hydrogen-bond donors (Lipinski definition) is 1. The number of hydrogen-bond acceptors (Lipinski definition) is 2. The lowest BCUT2D eigenvalue weighted by atomic mass is 10.0. The Kier molecular flexibility index (Phi) is 5.97. The number of rotatable bonds is 6. The summed E-state index contributed by atoms with van der Waals surface area (Å²) in [5.41, 5.74) is 1.20. The third kappa shape index (κ3) is 4.16. The molecule has 1 aromatic heterocycles. The van der Waals surface area contributed by atoms with Crippen molar-refractivity contribution >= 4 is 23.2 Å². The number of pyridine rings is 1. The van der Waals surface area contributed by atoms with Crippen LogP contribution in [0.15, 0.2) is 36.5 Å². The van der Waals surface area contributed by atoms with Crippen molar-refractivity contribution in [3.05, 3.63) is 63.6 Å². The van der Waals surface area contributed by atoms with Crippen molar-refractivity contribution in [2.24, 2.45) is 0 Å². The summed E-state index contributed by atoms with van der Waals surface area (Å²) in [6, 6.07) is 8.10. The highest BCUT2D eigenvalue weighted by Crippen LogP contribution is 2.29. The lowest BCUT2D eigenvalue weighted by Gasteiger charge is -2.20. The Balaban J connectivity index is 2.31. The van der Waals surface area contributed by atoms with Crippen molar-refractivity contribution in [1.82, 2.24) is 10.3 Å². The summed E-state index contributed by atoms with van der Waals surface area (Å²) < 4.78 is 14.0. The van der Waals surface area contributed by atoms with Crippen LogP contribution in [0.1, 0.15) is 30.6 Å². The van der Waals surface area contributed by atoms with E-state index >= 15 is 0 Å². The summed E-state index contributed by atoms with van der Waals surface area (Å²) in [5.74, 6) is -0.325. The molecule has 1 aromatic carbocycles. The third-order valence-corrected chi connectivity index (χ3v) is 3.94. The first-order valence-electron chi connectivity index (χ1n) is 6.90. The molecule has 1 unspecified atom stereocenters. The van der Waals surface area contributed by atoms with Gasteiger partial charge in [0.2, 0.25) is 0 Å². The van der Waals surface area contributed by atoms with Gasteiger partial charge in [-0.1, -0.05) is 36.2 Å². The molecule has 0 aliphatic carbocycles. The maximum Gasteiger partial charge on any atom is 0.146 e. The molecule has 0 spiro atoms. The van der Waals surface area contributed by atoms with Crippen LogP contribution in [0, 0.1) is 5.82 Å². The van der Waals surface area contributed by atoms with Gasteiger partial charge in [-0.3, -0.25) is 4.98 Å². The molecule has 2 nitrogen and oxygen atoms in total. The summed E-state index contributed by atoms with van der Waals surface area (Å²) in [7, 11) is 0. The van der Waals surface area contributed by atoms with Gasteiger partial charge in [0, 0.05) is 16.2 Å². The SMILES string of the molecule is CCCNC(Cc1c(Cl)cccc1Cl)c1ncccc1F. The van der Waals surface area contributed by atoms with Gasteiger partial charge in [-0.05, 0) is 49.2 Å². The molecular weight excluding hydrogens is 310 g/mol. The van der Waals surface area contributed by atoms with E-state index in [-0.39, 0.29) is 11.9 Å². The smallest absolute Gasteiger partial charge is 0.146 e. The molecule has 21 heavy (non-hydrogen) atoms. The Morgan fingerprint density at radius 1 is 1.19 bits per heavy atom. The predicted octanol–water partition coefficient (Wildman–Crippen LogP) is 4.81. The van der Waals surface area contributed by atoms with Crippen LogP contribution in [-0.2, 0) is 6.42 Å². The van der Waals surface area contributed by atoms with E-state index in [0.29, 0.717) is 22.2 Å². The van der Waals surface area contributed by atoms with Crippen LogP contribution < -0.4 is 5.32 Å². The van der Waals surface area contributed by atoms with Gasteiger partial charge in [0.15, 0.2) is 0 Å². The van der Waals surface area contributed by atoms with Crippen LogP contribution in [0.4, 0.5) is 4.39 Å². The molecule has 5 heteroatoms. The minimum absolute atomic E-state index is 0.261. The number of aromatic nitrogens is 1. The molecule has 2 aromatic rings. The second-order valence-electron chi connectivity index (χ2n) is 4.78. The first-order chi connectivity index (χ1) is 10.1. The van der Waals surface area contributed by atoms with Crippen molar-refractivity contribution in [2.45, 2.75) is 25.8 Å². The van der Waals surface area contributed by atoms with Crippen LogP contribution in [-0.4, -0.2) is 11.5 Å². The molecule has 112 valence electrons. The second-order valence-corrected chi connectivity index (χ2v) is 5.60. The highest BCUT2D eigenvalue weighted by atomic mass is 35.5.